The predicted molar refractivity (Wildman–Crippen MR) is 62.0 cm³/mol. The normalized spacial score (nSPS) is 10.6. The SMILES string of the molecule is Cc1c(I)[nH]c(=O)c2ccccc12. The predicted octanol–water partition coefficient (Wildman–Crippen LogP) is 2.44. The van der Waals surface area contributed by atoms with E-state index < -0.39 is 0 Å². The molecule has 1 aromatic carbocycles. The molecule has 2 nitrogen and oxygen atoms in total. The van der Waals surface area contributed by atoms with Crippen LogP contribution in [-0.2, 0) is 0 Å². The van der Waals surface area contributed by atoms with Crippen LogP contribution in [0.3, 0.4) is 0 Å². The van der Waals surface area contributed by atoms with Crippen LogP contribution in [0.2, 0.25) is 0 Å². The molecule has 3 heteroatoms. The molecule has 0 unspecified atom stereocenters. The maximum Gasteiger partial charge on any atom is 0.256 e. The molecule has 66 valence electrons. The van der Waals surface area contributed by atoms with Gasteiger partial charge < -0.3 is 4.98 Å². The molecule has 0 aliphatic heterocycles. The van der Waals surface area contributed by atoms with Crippen molar-refractivity contribution >= 4 is 33.4 Å². The third-order valence-corrected chi connectivity index (χ3v) is 3.21. The Morgan fingerprint density at radius 2 is 1.85 bits per heavy atom. The molecular formula is C10H8INO. The fourth-order valence-electron chi connectivity index (χ4n) is 1.39. The van der Waals surface area contributed by atoms with Gasteiger partial charge in [0.1, 0.15) is 0 Å². The molecule has 1 N–H and O–H groups in total. The van der Waals surface area contributed by atoms with Gasteiger partial charge in [0.25, 0.3) is 5.56 Å². The Morgan fingerprint density at radius 1 is 1.23 bits per heavy atom. The minimum Gasteiger partial charge on any atom is -0.317 e. The van der Waals surface area contributed by atoms with E-state index in [0.717, 1.165) is 20.0 Å². The summed E-state index contributed by atoms with van der Waals surface area (Å²) in [6.45, 7) is 2.01. The standard InChI is InChI=1S/C10H8INO/c1-6-7-4-2-3-5-8(7)10(13)12-9(6)11/h2-5H,1H3,(H,12,13). The van der Waals surface area contributed by atoms with Crippen LogP contribution in [0, 0.1) is 10.6 Å². The van der Waals surface area contributed by atoms with Crippen molar-refractivity contribution in [3.05, 3.63) is 43.9 Å². The molecule has 0 atom stereocenters. The van der Waals surface area contributed by atoms with Crippen molar-refractivity contribution in [3.8, 4) is 0 Å². The van der Waals surface area contributed by atoms with Crippen LogP contribution in [0.15, 0.2) is 29.1 Å². The molecule has 0 amide bonds. The Bertz CT molecular complexity index is 516. The van der Waals surface area contributed by atoms with Gasteiger partial charge in [-0.1, -0.05) is 18.2 Å². The quantitative estimate of drug-likeness (QED) is 0.585. The minimum atomic E-state index is -0.00870. The van der Waals surface area contributed by atoms with E-state index in [1.807, 2.05) is 31.2 Å². The molecule has 0 aliphatic rings. The monoisotopic (exact) mass is 285 g/mol. The summed E-state index contributed by atoms with van der Waals surface area (Å²) in [5.41, 5.74) is 1.13. The fraction of sp³-hybridized carbons (Fsp3) is 0.100. The van der Waals surface area contributed by atoms with E-state index in [4.69, 9.17) is 0 Å². The Balaban J connectivity index is 3.06. The number of pyridine rings is 1. The van der Waals surface area contributed by atoms with Gasteiger partial charge in [0.2, 0.25) is 0 Å². The Labute approximate surface area is 89.1 Å². The number of aromatic nitrogens is 1. The molecular weight excluding hydrogens is 277 g/mol. The molecule has 2 aromatic rings. The van der Waals surface area contributed by atoms with Crippen LogP contribution in [0.1, 0.15) is 5.56 Å². The first-order valence-corrected chi connectivity index (χ1v) is 5.05. The van der Waals surface area contributed by atoms with Crippen molar-refractivity contribution in [2.24, 2.45) is 0 Å². The second-order valence-corrected chi connectivity index (χ2v) is 4.02. The van der Waals surface area contributed by atoms with Crippen molar-refractivity contribution < 1.29 is 0 Å². The molecule has 13 heavy (non-hydrogen) atoms. The largest absolute Gasteiger partial charge is 0.317 e. The topological polar surface area (TPSA) is 32.9 Å². The van der Waals surface area contributed by atoms with Gasteiger partial charge in [0.15, 0.2) is 0 Å². The molecule has 0 fully saturated rings. The third-order valence-electron chi connectivity index (χ3n) is 2.13. The number of halogens is 1. The van der Waals surface area contributed by atoms with Gasteiger partial charge in [-0.15, -0.1) is 0 Å². The minimum absolute atomic E-state index is 0.00870. The number of hydrogen-bond donors (Lipinski definition) is 1. The summed E-state index contributed by atoms with van der Waals surface area (Å²) < 4.78 is 0.918. The average Bonchev–Trinajstić information content (AvgIpc) is 2.15. The average molecular weight is 285 g/mol. The second kappa shape index (κ2) is 3.14. The highest BCUT2D eigenvalue weighted by Gasteiger charge is 2.03. The summed E-state index contributed by atoms with van der Waals surface area (Å²) in [4.78, 5) is 14.3. The van der Waals surface area contributed by atoms with E-state index >= 15 is 0 Å². The Kier molecular flexibility index (Phi) is 2.11. The highest BCUT2D eigenvalue weighted by Crippen LogP contribution is 2.17. The number of benzene rings is 1. The molecule has 0 aliphatic carbocycles. The van der Waals surface area contributed by atoms with Crippen LogP contribution < -0.4 is 5.56 Å². The van der Waals surface area contributed by atoms with Gasteiger partial charge in [-0.25, -0.2) is 0 Å². The number of fused-ring (bicyclic) bond motifs is 1. The lowest BCUT2D eigenvalue weighted by Gasteiger charge is -2.02. The number of aromatic amines is 1. The van der Waals surface area contributed by atoms with Crippen LogP contribution in [0.25, 0.3) is 10.8 Å². The molecule has 0 bridgehead atoms. The summed E-state index contributed by atoms with van der Waals surface area (Å²) >= 11 is 2.14. The lowest BCUT2D eigenvalue weighted by Crippen LogP contribution is -2.09. The van der Waals surface area contributed by atoms with Crippen molar-refractivity contribution in [1.29, 1.82) is 0 Å². The summed E-state index contributed by atoms with van der Waals surface area (Å²) in [6, 6.07) is 7.65. The molecule has 0 radical (unpaired) electrons. The van der Waals surface area contributed by atoms with Gasteiger partial charge in [0.05, 0.1) is 3.70 Å². The number of nitrogens with one attached hydrogen (secondary N) is 1. The van der Waals surface area contributed by atoms with Gasteiger partial charge in [-0.2, -0.15) is 0 Å². The van der Waals surface area contributed by atoms with Crippen molar-refractivity contribution in [1.82, 2.24) is 4.98 Å². The Morgan fingerprint density at radius 3 is 2.54 bits per heavy atom. The number of aryl methyl sites for hydroxylation is 1. The molecule has 0 saturated carbocycles. The summed E-state index contributed by atoms with van der Waals surface area (Å²) in [7, 11) is 0. The first-order valence-electron chi connectivity index (χ1n) is 3.97. The van der Waals surface area contributed by atoms with Crippen molar-refractivity contribution in [2.75, 3.05) is 0 Å². The zero-order valence-electron chi connectivity index (χ0n) is 7.10. The van der Waals surface area contributed by atoms with Gasteiger partial charge in [-0.3, -0.25) is 4.79 Å². The maximum atomic E-state index is 11.5. The van der Waals surface area contributed by atoms with Crippen LogP contribution >= 0.6 is 22.6 Å². The van der Waals surface area contributed by atoms with Crippen molar-refractivity contribution in [3.63, 3.8) is 0 Å². The Hall–Kier alpha value is -0.840. The summed E-state index contributed by atoms with van der Waals surface area (Å²) in [6.07, 6.45) is 0. The number of rotatable bonds is 0. The zero-order chi connectivity index (χ0) is 9.42. The van der Waals surface area contributed by atoms with Gasteiger partial charge in [0, 0.05) is 5.39 Å². The zero-order valence-corrected chi connectivity index (χ0v) is 9.25. The fourth-order valence-corrected chi connectivity index (χ4v) is 1.92. The lowest BCUT2D eigenvalue weighted by molar-refractivity contribution is 1.19. The van der Waals surface area contributed by atoms with Crippen molar-refractivity contribution in [2.45, 2.75) is 6.92 Å². The summed E-state index contributed by atoms with van der Waals surface area (Å²) in [5, 5.41) is 1.80. The lowest BCUT2D eigenvalue weighted by atomic mass is 10.1. The highest BCUT2D eigenvalue weighted by atomic mass is 127. The molecule has 0 saturated heterocycles. The van der Waals surface area contributed by atoms with E-state index in [2.05, 4.69) is 27.6 Å². The summed E-state index contributed by atoms with van der Waals surface area (Å²) in [5.74, 6) is 0. The van der Waals surface area contributed by atoms with Gasteiger partial charge >= 0.3 is 0 Å². The van der Waals surface area contributed by atoms with Crippen LogP contribution in [0.5, 0.6) is 0 Å². The van der Waals surface area contributed by atoms with E-state index in [0.29, 0.717) is 0 Å². The molecule has 2 rings (SSSR count). The van der Waals surface area contributed by atoms with E-state index in [1.165, 1.54) is 0 Å². The van der Waals surface area contributed by atoms with Gasteiger partial charge in [-0.05, 0) is 46.5 Å². The first-order chi connectivity index (χ1) is 6.20. The molecule has 1 heterocycles. The smallest absolute Gasteiger partial charge is 0.256 e. The second-order valence-electron chi connectivity index (χ2n) is 2.94. The highest BCUT2D eigenvalue weighted by molar-refractivity contribution is 14.1. The molecule has 0 spiro atoms. The van der Waals surface area contributed by atoms with E-state index in [1.54, 1.807) is 0 Å². The number of hydrogen-bond acceptors (Lipinski definition) is 1. The molecule has 1 aromatic heterocycles. The van der Waals surface area contributed by atoms with E-state index in [9.17, 15) is 4.79 Å². The third kappa shape index (κ3) is 1.37. The maximum absolute atomic E-state index is 11.5. The number of H-pyrrole nitrogens is 1. The first kappa shape index (κ1) is 8.74. The van der Waals surface area contributed by atoms with E-state index in [-0.39, 0.29) is 5.56 Å². The van der Waals surface area contributed by atoms with Crippen LogP contribution in [0.4, 0.5) is 0 Å². The van der Waals surface area contributed by atoms with Crippen LogP contribution in [-0.4, -0.2) is 4.98 Å².